The molecule has 2 amide bonds. The van der Waals surface area contributed by atoms with Gasteiger partial charge in [0.2, 0.25) is 6.79 Å². The van der Waals surface area contributed by atoms with Gasteiger partial charge < -0.3 is 25.2 Å². The number of nitrogens with zero attached hydrogens (tertiary/aromatic N) is 1. The molecule has 1 heterocycles. The number of non-ortho nitro benzene ring substituents is 1. The van der Waals surface area contributed by atoms with Crippen molar-refractivity contribution in [1.82, 2.24) is 5.32 Å². The molecule has 0 radical (unpaired) electrons. The minimum Gasteiger partial charge on any atom is -0.478 e. The molecule has 0 aromatic heterocycles. The van der Waals surface area contributed by atoms with Gasteiger partial charge in [0, 0.05) is 23.4 Å². The van der Waals surface area contributed by atoms with Crippen LogP contribution in [-0.2, 0) is 4.79 Å². The molecule has 35 heavy (non-hydrogen) atoms. The summed E-state index contributed by atoms with van der Waals surface area (Å²) in [6.45, 7) is 0.0548. The molecule has 176 valence electrons. The van der Waals surface area contributed by atoms with E-state index < -0.39 is 22.7 Å². The Morgan fingerprint density at radius 2 is 1.69 bits per heavy atom. The molecule has 3 N–H and O–H groups in total. The highest BCUT2D eigenvalue weighted by Gasteiger charge is 2.19. The number of aromatic carboxylic acids is 1. The zero-order valence-corrected chi connectivity index (χ0v) is 17.9. The van der Waals surface area contributed by atoms with Crippen LogP contribution in [0.15, 0.2) is 72.4 Å². The van der Waals surface area contributed by atoms with Gasteiger partial charge in [-0.05, 0) is 48.0 Å². The number of carbonyl (C=O) groups is 3. The van der Waals surface area contributed by atoms with Crippen molar-refractivity contribution >= 4 is 35.2 Å². The van der Waals surface area contributed by atoms with Crippen molar-refractivity contribution in [2.45, 2.75) is 0 Å². The van der Waals surface area contributed by atoms with E-state index >= 15 is 0 Å². The van der Waals surface area contributed by atoms with Gasteiger partial charge in [0.1, 0.15) is 5.70 Å². The third kappa shape index (κ3) is 5.42. The van der Waals surface area contributed by atoms with Gasteiger partial charge in [-0.25, -0.2) is 4.79 Å². The average Bonchev–Trinajstić information content (AvgIpc) is 3.31. The number of anilines is 1. The number of ether oxygens (including phenoxy) is 2. The summed E-state index contributed by atoms with van der Waals surface area (Å²) < 4.78 is 10.6. The second kappa shape index (κ2) is 9.75. The number of carbonyl (C=O) groups excluding carboxylic acids is 2. The zero-order valence-electron chi connectivity index (χ0n) is 17.9. The zero-order chi connectivity index (χ0) is 24.9. The Kier molecular flexibility index (Phi) is 6.40. The summed E-state index contributed by atoms with van der Waals surface area (Å²) >= 11 is 0. The first-order chi connectivity index (χ1) is 16.8. The fourth-order valence-electron chi connectivity index (χ4n) is 3.21. The molecule has 0 bridgehead atoms. The molecule has 1 aliphatic rings. The fourth-order valence-corrected chi connectivity index (χ4v) is 3.21. The molecule has 0 saturated carbocycles. The van der Waals surface area contributed by atoms with E-state index in [1.54, 1.807) is 18.2 Å². The van der Waals surface area contributed by atoms with Crippen LogP contribution in [0.2, 0.25) is 0 Å². The Hall–Kier alpha value is -5.19. The highest BCUT2D eigenvalue weighted by molar-refractivity contribution is 6.11. The summed E-state index contributed by atoms with van der Waals surface area (Å²) in [5.74, 6) is -1.69. The first-order valence-electron chi connectivity index (χ1n) is 10.1. The lowest BCUT2D eigenvalue weighted by Gasteiger charge is -2.12. The molecular weight excluding hydrogens is 458 g/mol. The van der Waals surface area contributed by atoms with Crippen molar-refractivity contribution in [2.24, 2.45) is 0 Å². The van der Waals surface area contributed by atoms with Crippen molar-refractivity contribution in [2.75, 3.05) is 12.1 Å². The number of carboxylic acids is 1. The summed E-state index contributed by atoms with van der Waals surface area (Å²) in [6.07, 6.45) is 1.38. The van der Waals surface area contributed by atoms with Gasteiger partial charge in [-0.2, -0.15) is 0 Å². The lowest BCUT2D eigenvalue weighted by molar-refractivity contribution is -0.384. The fraction of sp³-hybridized carbons (Fsp3) is 0.0417. The predicted molar refractivity (Wildman–Crippen MR) is 123 cm³/mol. The first kappa shape index (κ1) is 23.0. The SMILES string of the molecule is O=C(Nc1cccc(C(=O)O)c1)/C(=C/c1ccc2c(c1)OCO2)NC(=O)c1cccc([N+](=O)[O-])c1. The second-order valence-electron chi connectivity index (χ2n) is 7.27. The Morgan fingerprint density at radius 1 is 0.943 bits per heavy atom. The number of benzene rings is 3. The van der Waals surface area contributed by atoms with Crippen molar-refractivity contribution in [1.29, 1.82) is 0 Å². The van der Waals surface area contributed by atoms with Crippen LogP contribution in [0, 0.1) is 10.1 Å². The number of hydrogen-bond acceptors (Lipinski definition) is 7. The number of carboxylic acid groups (broad SMARTS) is 1. The standard InChI is InChI=1S/C24H17N3O8/c28-22(15-3-2-6-18(12-15)27(32)33)26-19(9-14-7-8-20-21(10-14)35-13-34-20)23(29)25-17-5-1-4-16(11-17)24(30)31/h1-12H,13H2,(H,25,29)(H,26,28)(H,30,31)/b19-9-. The first-order valence-corrected chi connectivity index (χ1v) is 10.1. The quantitative estimate of drug-likeness (QED) is 0.266. The van der Waals surface area contributed by atoms with Crippen molar-refractivity contribution < 1.29 is 33.9 Å². The summed E-state index contributed by atoms with van der Waals surface area (Å²) in [7, 11) is 0. The van der Waals surface area contributed by atoms with Crippen LogP contribution in [0.4, 0.5) is 11.4 Å². The molecule has 3 aromatic carbocycles. The van der Waals surface area contributed by atoms with Crippen LogP contribution in [-0.4, -0.2) is 34.6 Å². The molecule has 0 saturated heterocycles. The lowest BCUT2D eigenvalue weighted by Crippen LogP contribution is -2.30. The Balaban J connectivity index is 1.65. The maximum Gasteiger partial charge on any atom is 0.335 e. The number of nitrogens with one attached hydrogen (secondary N) is 2. The van der Waals surface area contributed by atoms with Gasteiger partial charge in [-0.1, -0.05) is 18.2 Å². The second-order valence-corrected chi connectivity index (χ2v) is 7.27. The van der Waals surface area contributed by atoms with Gasteiger partial charge >= 0.3 is 5.97 Å². The monoisotopic (exact) mass is 475 g/mol. The van der Waals surface area contributed by atoms with Gasteiger partial charge in [0.05, 0.1) is 10.5 Å². The van der Waals surface area contributed by atoms with E-state index in [4.69, 9.17) is 9.47 Å². The van der Waals surface area contributed by atoms with Crippen LogP contribution < -0.4 is 20.1 Å². The summed E-state index contributed by atoms with van der Waals surface area (Å²) in [5.41, 5.74) is 0.144. The molecule has 0 aliphatic carbocycles. The molecule has 4 rings (SSSR count). The maximum absolute atomic E-state index is 13.1. The minimum absolute atomic E-state index is 0.0311. The van der Waals surface area contributed by atoms with Gasteiger partial charge in [-0.15, -0.1) is 0 Å². The highest BCUT2D eigenvalue weighted by atomic mass is 16.7. The van der Waals surface area contributed by atoms with Crippen LogP contribution in [0.5, 0.6) is 11.5 Å². The van der Waals surface area contributed by atoms with Crippen molar-refractivity contribution in [3.63, 3.8) is 0 Å². The largest absolute Gasteiger partial charge is 0.478 e. The molecule has 3 aromatic rings. The maximum atomic E-state index is 13.1. The molecular formula is C24H17N3O8. The Labute approximate surface area is 197 Å². The third-order valence-corrected chi connectivity index (χ3v) is 4.89. The van der Waals surface area contributed by atoms with E-state index in [0.29, 0.717) is 17.1 Å². The van der Waals surface area contributed by atoms with Crippen molar-refractivity contribution in [3.8, 4) is 11.5 Å². The van der Waals surface area contributed by atoms with Crippen LogP contribution >= 0.6 is 0 Å². The van der Waals surface area contributed by atoms with Crippen LogP contribution in [0.3, 0.4) is 0 Å². The normalized spacial score (nSPS) is 12.1. The smallest absolute Gasteiger partial charge is 0.335 e. The van der Waals surface area contributed by atoms with Gasteiger partial charge in [0.15, 0.2) is 11.5 Å². The van der Waals surface area contributed by atoms with E-state index in [0.717, 1.165) is 6.07 Å². The van der Waals surface area contributed by atoms with E-state index in [1.807, 2.05) is 0 Å². The molecule has 1 aliphatic heterocycles. The predicted octanol–water partition coefficient (Wildman–Crippen LogP) is 3.43. The van der Waals surface area contributed by atoms with E-state index in [-0.39, 0.29) is 35.0 Å². The van der Waals surface area contributed by atoms with Crippen LogP contribution in [0.25, 0.3) is 6.08 Å². The van der Waals surface area contributed by atoms with Gasteiger partial charge in [0.25, 0.3) is 17.5 Å². The Morgan fingerprint density at radius 3 is 2.46 bits per heavy atom. The lowest BCUT2D eigenvalue weighted by atomic mass is 10.1. The highest BCUT2D eigenvalue weighted by Crippen LogP contribution is 2.33. The molecule has 11 heteroatoms. The molecule has 0 spiro atoms. The van der Waals surface area contributed by atoms with Gasteiger partial charge in [-0.3, -0.25) is 19.7 Å². The van der Waals surface area contributed by atoms with E-state index in [2.05, 4.69) is 10.6 Å². The molecule has 0 fully saturated rings. The number of fused-ring (bicyclic) bond motifs is 1. The number of nitro groups is 1. The van der Waals surface area contributed by atoms with E-state index in [1.165, 1.54) is 48.5 Å². The molecule has 0 atom stereocenters. The minimum atomic E-state index is -1.17. The number of nitro benzene ring substituents is 1. The third-order valence-electron chi connectivity index (χ3n) is 4.89. The average molecular weight is 475 g/mol. The Bertz CT molecular complexity index is 1380. The molecule has 0 unspecified atom stereocenters. The molecule has 11 nitrogen and oxygen atoms in total. The number of hydrogen-bond donors (Lipinski definition) is 3. The van der Waals surface area contributed by atoms with Crippen LogP contribution in [0.1, 0.15) is 26.3 Å². The van der Waals surface area contributed by atoms with E-state index in [9.17, 15) is 29.6 Å². The summed E-state index contributed by atoms with van der Waals surface area (Å²) in [6, 6.07) is 15.5. The number of amides is 2. The number of rotatable bonds is 7. The summed E-state index contributed by atoms with van der Waals surface area (Å²) in [5, 5.41) is 25.3. The topological polar surface area (TPSA) is 157 Å². The summed E-state index contributed by atoms with van der Waals surface area (Å²) in [4.78, 5) is 47.5. The van der Waals surface area contributed by atoms with Crippen molar-refractivity contribution in [3.05, 3.63) is 99.2 Å².